The van der Waals surface area contributed by atoms with Crippen molar-refractivity contribution in [2.24, 2.45) is 4.99 Å². The minimum atomic E-state index is 0. The van der Waals surface area contributed by atoms with Crippen molar-refractivity contribution < 1.29 is 0 Å². The highest BCUT2D eigenvalue weighted by molar-refractivity contribution is 14.0. The molecular weight excluding hydrogens is 469 g/mol. The molecule has 0 unspecified atom stereocenters. The lowest BCUT2D eigenvalue weighted by Gasteiger charge is -2.32. The number of hydrogen-bond donors (Lipinski definition) is 2. The van der Waals surface area contributed by atoms with Crippen molar-refractivity contribution >= 4 is 41.7 Å². The second-order valence-corrected chi connectivity index (χ2v) is 9.15. The van der Waals surface area contributed by atoms with Gasteiger partial charge in [0.15, 0.2) is 5.96 Å². The number of thioether (sulfide) groups is 1. The topological polar surface area (TPSA) is 42.9 Å². The molecule has 1 aliphatic heterocycles. The molecule has 1 aliphatic rings. The maximum absolute atomic E-state index is 4.32. The Morgan fingerprint density at radius 2 is 1.67 bits per heavy atom. The standard InChI is InChI=1S/C20H35N5S.HI/c1-20(2,26-5)16-23-19(21-3)22-14-17-6-8-18(9-7-17)15-25-12-10-24(4)11-13-25;/h6-9H,10-16H2,1-5H3,(H2,21,22,23);1H. The average Bonchev–Trinajstić information content (AvgIpc) is 2.65. The predicted octanol–water partition coefficient (Wildman–Crippen LogP) is 2.86. The Bertz CT molecular complexity index is 568. The van der Waals surface area contributed by atoms with Crippen molar-refractivity contribution in [1.82, 2.24) is 20.4 Å². The Labute approximate surface area is 186 Å². The van der Waals surface area contributed by atoms with Crippen LogP contribution in [-0.2, 0) is 13.1 Å². The van der Waals surface area contributed by atoms with Gasteiger partial charge in [0.2, 0.25) is 0 Å². The molecule has 0 amide bonds. The lowest BCUT2D eigenvalue weighted by atomic mass is 10.1. The van der Waals surface area contributed by atoms with Gasteiger partial charge in [-0.1, -0.05) is 24.3 Å². The second kappa shape index (κ2) is 12.1. The van der Waals surface area contributed by atoms with Gasteiger partial charge in [0, 0.05) is 57.6 Å². The summed E-state index contributed by atoms with van der Waals surface area (Å²) in [5.74, 6) is 0.855. The smallest absolute Gasteiger partial charge is 0.191 e. The van der Waals surface area contributed by atoms with E-state index in [0.717, 1.165) is 38.7 Å². The molecule has 2 N–H and O–H groups in total. The van der Waals surface area contributed by atoms with Crippen LogP contribution < -0.4 is 10.6 Å². The summed E-state index contributed by atoms with van der Waals surface area (Å²) >= 11 is 1.86. The first kappa shape index (κ1) is 24.5. The fourth-order valence-electron chi connectivity index (χ4n) is 2.80. The van der Waals surface area contributed by atoms with E-state index in [-0.39, 0.29) is 28.7 Å². The Balaban J connectivity index is 0.00000364. The van der Waals surface area contributed by atoms with E-state index in [1.54, 1.807) is 0 Å². The van der Waals surface area contributed by atoms with E-state index in [0.29, 0.717) is 0 Å². The Hall–Kier alpha value is -0.510. The van der Waals surface area contributed by atoms with Crippen molar-refractivity contribution in [1.29, 1.82) is 0 Å². The van der Waals surface area contributed by atoms with Crippen molar-refractivity contribution in [2.75, 3.05) is 53.1 Å². The molecule has 0 radical (unpaired) electrons. The van der Waals surface area contributed by atoms with Gasteiger partial charge in [-0.2, -0.15) is 11.8 Å². The summed E-state index contributed by atoms with van der Waals surface area (Å²) in [5, 5.41) is 6.81. The van der Waals surface area contributed by atoms with Crippen LogP contribution in [0.25, 0.3) is 0 Å². The zero-order valence-corrected chi connectivity index (χ0v) is 20.6. The number of rotatable bonds is 7. The van der Waals surface area contributed by atoms with Crippen LogP contribution in [0.2, 0.25) is 0 Å². The number of likely N-dealkylation sites (N-methyl/N-ethyl adjacent to an activating group) is 1. The van der Waals surface area contributed by atoms with Crippen molar-refractivity contribution in [3.05, 3.63) is 35.4 Å². The first-order valence-corrected chi connectivity index (χ1v) is 10.6. The largest absolute Gasteiger partial charge is 0.355 e. The van der Waals surface area contributed by atoms with Gasteiger partial charge < -0.3 is 15.5 Å². The SMILES string of the molecule is CN=C(NCc1ccc(CN2CCN(C)CC2)cc1)NCC(C)(C)SC.I. The van der Waals surface area contributed by atoms with Gasteiger partial charge in [-0.15, -0.1) is 24.0 Å². The normalized spacial score (nSPS) is 16.7. The third-order valence-electron chi connectivity index (χ3n) is 4.94. The Kier molecular flexibility index (Phi) is 11.0. The van der Waals surface area contributed by atoms with Crippen LogP contribution in [0.15, 0.2) is 29.3 Å². The van der Waals surface area contributed by atoms with E-state index in [9.17, 15) is 0 Å². The van der Waals surface area contributed by atoms with Gasteiger partial charge in [-0.05, 0) is 38.3 Å². The molecule has 0 saturated carbocycles. The maximum Gasteiger partial charge on any atom is 0.191 e. The monoisotopic (exact) mass is 505 g/mol. The maximum atomic E-state index is 4.32. The number of guanidine groups is 1. The van der Waals surface area contributed by atoms with Gasteiger partial charge >= 0.3 is 0 Å². The lowest BCUT2D eigenvalue weighted by molar-refractivity contribution is 0.148. The number of halogens is 1. The summed E-state index contributed by atoms with van der Waals surface area (Å²) in [4.78, 5) is 9.25. The molecule has 0 aliphatic carbocycles. The zero-order valence-electron chi connectivity index (χ0n) is 17.4. The van der Waals surface area contributed by atoms with Crippen LogP contribution in [0.5, 0.6) is 0 Å². The first-order valence-electron chi connectivity index (χ1n) is 9.40. The van der Waals surface area contributed by atoms with Gasteiger partial charge in [-0.3, -0.25) is 9.89 Å². The van der Waals surface area contributed by atoms with Crippen molar-refractivity contribution in [3.8, 4) is 0 Å². The molecule has 1 aromatic rings. The minimum absolute atomic E-state index is 0. The number of hydrogen-bond acceptors (Lipinski definition) is 4. The number of benzene rings is 1. The van der Waals surface area contributed by atoms with Crippen LogP contribution in [0.1, 0.15) is 25.0 Å². The molecule has 2 rings (SSSR count). The fourth-order valence-corrected chi connectivity index (χ4v) is 3.02. The highest BCUT2D eigenvalue weighted by atomic mass is 127. The second-order valence-electron chi connectivity index (χ2n) is 7.64. The summed E-state index contributed by atoms with van der Waals surface area (Å²) in [6.45, 7) is 11.8. The van der Waals surface area contributed by atoms with E-state index < -0.39 is 0 Å². The quantitative estimate of drug-likeness (QED) is 0.339. The molecule has 27 heavy (non-hydrogen) atoms. The van der Waals surface area contributed by atoms with Gasteiger partial charge in [0.05, 0.1) is 0 Å². The molecule has 0 bridgehead atoms. The van der Waals surface area contributed by atoms with E-state index in [4.69, 9.17) is 0 Å². The fraction of sp³-hybridized carbons (Fsp3) is 0.650. The highest BCUT2D eigenvalue weighted by Crippen LogP contribution is 2.19. The predicted molar refractivity (Wildman–Crippen MR) is 130 cm³/mol. The molecule has 5 nitrogen and oxygen atoms in total. The molecular formula is C20H36IN5S. The molecule has 0 aromatic heterocycles. The highest BCUT2D eigenvalue weighted by Gasteiger charge is 2.16. The molecule has 154 valence electrons. The number of piperazine rings is 1. The third kappa shape index (κ3) is 9.02. The lowest BCUT2D eigenvalue weighted by Crippen LogP contribution is -2.43. The van der Waals surface area contributed by atoms with Crippen LogP contribution in [0.4, 0.5) is 0 Å². The summed E-state index contributed by atoms with van der Waals surface area (Å²) in [6, 6.07) is 8.94. The van der Waals surface area contributed by atoms with E-state index in [1.165, 1.54) is 24.2 Å². The molecule has 7 heteroatoms. The molecule has 0 spiro atoms. The molecule has 1 saturated heterocycles. The van der Waals surface area contributed by atoms with Crippen LogP contribution >= 0.6 is 35.7 Å². The third-order valence-corrected chi connectivity index (χ3v) is 6.19. The van der Waals surface area contributed by atoms with Crippen LogP contribution in [0.3, 0.4) is 0 Å². The minimum Gasteiger partial charge on any atom is -0.355 e. The van der Waals surface area contributed by atoms with Crippen molar-refractivity contribution in [3.63, 3.8) is 0 Å². The van der Waals surface area contributed by atoms with Crippen LogP contribution in [-0.4, -0.2) is 73.6 Å². The number of nitrogens with one attached hydrogen (secondary N) is 2. The summed E-state index contributed by atoms with van der Waals surface area (Å²) in [5.41, 5.74) is 2.67. The zero-order chi connectivity index (χ0) is 19.0. The molecule has 1 aromatic carbocycles. The molecule has 1 fully saturated rings. The summed E-state index contributed by atoms with van der Waals surface area (Å²) < 4.78 is 0.197. The summed E-state index contributed by atoms with van der Waals surface area (Å²) in [6.07, 6.45) is 2.14. The Morgan fingerprint density at radius 1 is 1.07 bits per heavy atom. The van der Waals surface area contributed by atoms with Gasteiger partial charge in [-0.25, -0.2) is 0 Å². The van der Waals surface area contributed by atoms with E-state index >= 15 is 0 Å². The average molecular weight is 506 g/mol. The molecule has 0 atom stereocenters. The number of aliphatic imine (C=N–C) groups is 1. The summed E-state index contributed by atoms with van der Waals surface area (Å²) in [7, 11) is 4.02. The Morgan fingerprint density at radius 3 is 2.22 bits per heavy atom. The van der Waals surface area contributed by atoms with Gasteiger partial charge in [0.1, 0.15) is 0 Å². The first-order chi connectivity index (χ1) is 12.4. The van der Waals surface area contributed by atoms with E-state index in [2.05, 4.69) is 76.8 Å². The van der Waals surface area contributed by atoms with Gasteiger partial charge in [0.25, 0.3) is 0 Å². The van der Waals surface area contributed by atoms with Crippen LogP contribution in [0, 0.1) is 0 Å². The van der Waals surface area contributed by atoms with Crippen molar-refractivity contribution in [2.45, 2.75) is 31.7 Å². The molecule has 1 heterocycles. The van der Waals surface area contributed by atoms with E-state index in [1.807, 2.05) is 18.8 Å². The number of nitrogens with zero attached hydrogens (tertiary/aromatic N) is 3.